The lowest BCUT2D eigenvalue weighted by molar-refractivity contribution is -0.0366. The van der Waals surface area contributed by atoms with Crippen molar-refractivity contribution in [3.05, 3.63) is 60.3 Å². The number of amides is 1. The molecule has 1 aromatic heterocycles. The first-order valence-corrected chi connectivity index (χ1v) is 12.1. The van der Waals surface area contributed by atoms with Gasteiger partial charge in [0.1, 0.15) is 6.61 Å². The highest BCUT2D eigenvalue weighted by Gasteiger charge is 2.23. The van der Waals surface area contributed by atoms with Gasteiger partial charge in [-0.05, 0) is 68.7 Å². The van der Waals surface area contributed by atoms with Crippen molar-refractivity contribution in [3.8, 4) is 0 Å². The molecule has 2 N–H and O–H groups in total. The minimum absolute atomic E-state index is 0.0367. The second-order valence-electron chi connectivity index (χ2n) is 9.08. The summed E-state index contributed by atoms with van der Waals surface area (Å²) in [6.07, 6.45) is 8.84. The SMILES string of the molecule is O=C(NC1CCC(Nc2ccc3cnn(C4CCCCO4)c3c2)CC1)OCc1ccccc1. The van der Waals surface area contributed by atoms with Gasteiger partial charge in [0.15, 0.2) is 6.23 Å². The number of aromatic nitrogens is 2. The summed E-state index contributed by atoms with van der Waals surface area (Å²) in [6, 6.07) is 16.7. The molecule has 1 aliphatic carbocycles. The monoisotopic (exact) mass is 448 g/mol. The third-order valence-electron chi connectivity index (χ3n) is 6.66. The number of hydrogen-bond donors (Lipinski definition) is 2. The van der Waals surface area contributed by atoms with E-state index < -0.39 is 0 Å². The van der Waals surface area contributed by atoms with Gasteiger partial charge in [-0.25, -0.2) is 9.48 Å². The number of benzene rings is 2. The Morgan fingerprint density at radius 2 is 1.85 bits per heavy atom. The average Bonchev–Trinajstić information content (AvgIpc) is 3.28. The summed E-state index contributed by atoms with van der Waals surface area (Å²) in [4.78, 5) is 12.2. The Bertz CT molecular complexity index is 1050. The molecular formula is C26H32N4O3. The van der Waals surface area contributed by atoms with Crippen LogP contribution in [0.2, 0.25) is 0 Å². The van der Waals surface area contributed by atoms with E-state index in [-0.39, 0.29) is 18.4 Å². The maximum atomic E-state index is 12.2. The third kappa shape index (κ3) is 5.47. The number of fused-ring (bicyclic) bond motifs is 1. The van der Waals surface area contributed by atoms with Gasteiger partial charge in [-0.2, -0.15) is 5.10 Å². The molecular weight excluding hydrogens is 416 g/mol. The van der Waals surface area contributed by atoms with Crippen molar-refractivity contribution >= 4 is 22.7 Å². The van der Waals surface area contributed by atoms with Crippen molar-refractivity contribution in [3.63, 3.8) is 0 Å². The molecule has 2 aromatic carbocycles. The zero-order valence-electron chi connectivity index (χ0n) is 18.9. The van der Waals surface area contributed by atoms with E-state index in [2.05, 4.69) is 33.9 Å². The van der Waals surface area contributed by atoms with Crippen molar-refractivity contribution in [2.75, 3.05) is 11.9 Å². The van der Waals surface area contributed by atoms with Gasteiger partial charge in [-0.3, -0.25) is 0 Å². The van der Waals surface area contributed by atoms with E-state index in [1.807, 2.05) is 41.2 Å². The molecule has 0 bridgehead atoms. The summed E-state index contributed by atoms with van der Waals surface area (Å²) in [5.41, 5.74) is 3.22. The smallest absolute Gasteiger partial charge is 0.407 e. The van der Waals surface area contributed by atoms with Gasteiger partial charge in [0.2, 0.25) is 0 Å². The molecule has 33 heavy (non-hydrogen) atoms. The van der Waals surface area contributed by atoms with Gasteiger partial charge < -0.3 is 20.1 Å². The molecule has 3 aromatic rings. The molecule has 1 aliphatic heterocycles. The molecule has 2 aliphatic rings. The molecule has 0 spiro atoms. The van der Waals surface area contributed by atoms with Gasteiger partial charge in [0.05, 0.1) is 11.7 Å². The standard InChI is InChI=1S/C26H32N4O3/c31-26(33-18-19-6-2-1-3-7-19)29-22-13-11-21(12-14-22)28-23-10-9-20-17-27-30(24(20)16-23)25-8-4-5-15-32-25/h1-3,6-7,9-10,16-17,21-22,25,28H,4-5,8,11-15,18H2,(H,29,31). The molecule has 2 heterocycles. The first kappa shape index (κ1) is 21.8. The molecule has 0 radical (unpaired) electrons. The Balaban J connectivity index is 1.11. The molecule has 2 fully saturated rings. The predicted molar refractivity (Wildman–Crippen MR) is 128 cm³/mol. The molecule has 5 rings (SSSR count). The molecule has 1 saturated carbocycles. The molecule has 7 heteroatoms. The predicted octanol–water partition coefficient (Wildman–Crippen LogP) is 5.38. The number of carbonyl (C=O) groups excluding carboxylic acids is 1. The van der Waals surface area contributed by atoms with Crippen molar-refractivity contribution < 1.29 is 14.3 Å². The zero-order valence-corrected chi connectivity index (χ0v) is 18.9. The average molecular weight is 449 g/mol. The number of anilines is 1. The van der Waals surface area contributed by atoms with Crippen molar-refractivity contribution in [1.29, 1.82) is 0 Å². The minimum Gasteiger partial charge on any atom is -0.445 e. The molecule has 1 atom stereocenters. The van der Waals surface area contributed by atoms with Crippen LogP contribution >= 0.6 is 0 Å². The van der Waals surface area contributed by atoms with Gasteiger partial charge in [0.25, 0.3) is 0 Å². The van der Waals surface area contributed by atoms with E-state index in [0.717, 1.165) is 67.3 Å². The van der Waals surface area contributed by atoms with E-state index in [1.54, 1.807) is 0 Å². The largest absolute Gasteiger partial charge is 0.445 e. The number of alkyl carbamates (subject to hydrolysis) is 1. The normalized spacial score (nSPS) is 23.2. The number of carbonyl (C=O) groups is 1. The molecule has 7 nitrogen and oxygen atoms in total. The Morgan fingerprint density at radius 3 is 2.64 bits per heavy atom. The summed E-state index contributed by atoms with van der Waals surface area (Å²) in [5.74, 6) is 0. The summed E-state index contributed by atoms with van der Waals surface area (Å²) < 4.78 is 13.3. The van der Waals surface area contributed by atoms with Crippen LogP contribution in [0, 0.1) is 0 Å². The number of ether oxygens (including phenoxy) is 2. The van der Waals surface area contributed by atoms with Crippen LogP contribution in [0.25, 0.3) is 10.9 Å². The summed E-state index contributed by atoms with van der Waals surface area (Å²) in [6.45, 7) is 1.11. The second kappa shape index (κ2) is 10.3. The summed E-state index contributed by atoms with van der Waals surface area (Å²) in [7, 11) is 0. The number of nitrogens with zero attached hydrogens (tertiary/aromatic N) is 2. The van der Waals surface area contributed by atoms with Crippen molar-refractivity contribution in [1.82, 2.24) is 15.1 Å². The highest BCUT2D eigenvalue weighted by atomic mass is 16.5. The first-order chi connectivity index (χ1) is 16.2. The van der Waals surface area contributed by atoms with E-state index in [4.69, 9.17) is 9.47 Å². The van der Waals surface area contributed by atoms with Crippen LogP contribution in [0.3, 0.4) is 0 Å². The quantitative estimate of drug-likeness (QED) is 0.529. The lowest BCUT2D eigenvalue weighted by atomic mass is 9.91. The molecule has 174 valence electrons. The van der Waals surface area contributed by atoms with Gasteiger partial charge >= 0.3 is 6.09 Å². The maximum Gasteiger partial charge on any atom is 0.407 e. The van der Waals surface area contributed by atoms with Crippen LogP contribution in [0.15, 0.2) is 54.7 Å². The van der Waals surface area contributed by atoms with Crippen LogP contribution in [-0.4, -0.2) is 34.6 Å². The van der Waals surface area contributed by atoms with E-state index in [0.29, 0.717) is 12.6 Å². The van der Waals surface area contributed by atoms with E-state index >= 15 is 0 Å². The Hall–Kier alpha value is -3.06. The Labute approximate surface area is 194 Å². The molecule has 1 unspecified atom stereocenters. The van der Waals surface area contributed by atoms with Gasteiger partial charge in [0, 0.05) is 29.8 Å². The number of hydrogen-bond acceptors (Lipinski definition) is 5. The fourth-order valence-corrected chi connectivity index (χ4v) is 4.82. The topological polar surface area (TPSA) is 77.4 Å². The molecule has 1 amide bonds. The van der Waals surface area contributed by atoms with Crippen molar-refractivity contribution in [2.24, 2.45) is 0 Å². The highest BCUT2D eigenvalue weighted by Crippen LogP contribution is 2.29. The Morgan fingerprint density at radius 1 is 1.03 bits per heavy atom. The third-order valence-corrected chi connectivity index (χ3v) is 6.66. The van der Waals surface area contributed by atoms with Crippen LogP contribution in [0.4, 0.5) is 10.5 Å². The lowest BCUT2D eigenvalue weighted by Gasteiger charge is -2.30. The van der Waals surface area contributed by atoms with Crippen molar-refractivity contribution in [2.45, 2.75) is 69.9 Å². The lowest BCUT2D eigenvalue weighted by Crippen LogP contribution is -2.40. The van der Waals surface area contributed by atoms with Crippen LogP contribution in [0.1, 0.15) is 56.7 Å². The van der Waals surface area contributed by atoms with Gasteiger partial charge in [-0.1, -0.05) is 30.3 Å². The number of nitrogens with one attached hydrogen (secondary N) is 2. The first-order valence-electron chi connectivity index (χ1n) is 12.1. The summed E-state index contributed by atoms with van der Waals surface area (Å²) >= 11 is 0. The van der Waals surface area contributed by atoms with E-state index in [1.165, 1.54) is 6.42 Å². The molecule has 1 saturated heterocycles. The van der Waals surface area contributed by atoms with E-state index in [9.17, 15) is 4.79 Å². The number of rotatable bonds is 6. The van der Waals surface area contributed by atoms with Gasteiger partial charge in [-0.15, -0.1) is 0 Å². The Kier molecular flexibility index (Phi) is 6.76. The zero-order chi connectivity index (χ0) is 22.5. The van der Waals surface area contributed by atoms with Crippen LogP contribution < -0.4 is 10.6 Å². The summed E-state index contributed by atoms with van der Waals surface area (Å²) in [5, 5.41) is 12.4. The van der Waals surface area contributed by atoms with Crippen LogP contribution in [0.5, 0.6) is 0 Å². The van der Waals surface area contributed by atoms with Crippen LogP contribution in [-0.2, 0) is 16.1 Å². The fourth-order valence-electron chi connectivity index (χ4n) is 4.82. The second-order valence-corrected chi connectivity index (χ2v) is 9.08. The maximum absolute atomic E-state index is 12.2. The minimum atomic E-state index is -0.334. The highest BCUT2D eigenvalue weighted by molar-refractivity contribution is 5.82. The fraction of sp³-hybridized carbons (Fsp3) is 0.462.